The number of benzene rings is 1. The standard InChI is InChI=1S/C12H12BrFO2/c1-3-16-12(15)6-8(2)9-4-5-11(14)10(13)7-9/h4-7H,3H2,1-2H3. The minimum atomic E-state index is -0.388. The van der Waals surface area contributed by atoms with Crippen LogP contribution in [0.15, 0.2) is 28.7 Å². The number of ether oxygens (including phenoxy) is 1. The van der Waals surface area contributed by atoms with E-state index in [-0.39, 0.29) is 11.8 Å². The van der Waals surface area contributed by atoms with Crippen LogP contribution in [0.3, 0.4) is 0 Å². The molecule has 0 aromatic heterocycles. The summed E-state index contributed by atoms with van der Waals surface area (Å²) in [6.07, 6.45) is 1.39. The first-order valence-corrected chi connectivity index (χ1v) is 5.64. The molecule has 16 heavy (non-hydrogen) atoms. The highest BCUT2D eigenvalue weighted by Crippen LogP contribution is 2.21. The van der Waals surface area contributed by atoms with Gasteiger partial charge in [0.25, 0.3) is 0 Å². The molecule has 0 aliphatic carbocycles. The van der Waals surface area contributed by atoms with Crippen molar-refractivity contribution in [2.75, 3.05) is 6.61 Å². The van der Waals surface area contributed by atoms with E-state index in [9.17, 15) is 9.18 Å². The van der Waals surface area contributed by atoms with Crippen LogP contribution in [0.1, 0.15) is 19.4 Å². The maximum absolute atomic E-state index is 13.0. The van der Waals surface area contributed by atoms with Crippen molar-refractivity contribution in [3.8, 4) is 0 Å². The van der Waals surface area contributed by atoms with Crippen molar-refractivity contribution < 1.29 is 13.9 Å². The lowest BCUT2D eigenvalue weighted by Gasteiger charge is -2.03. The molecule has 0 saturated heterocycles. The molecule has 0 atom stereocenters. The number of allylic oxidation sites excluding steroid dienone is 1. The third-order valence-corrected chi connectivity index (χ3v) is 2.60. The second kappa shape index (κ2) is 5.80. The number of esters is 1. The zero-order chi connectivity index (χ0) is 12.1. The molecular weight excluding hydrogens is 275 g/mol. The van der Waals surface area contributed by atoms with Gasteiger partial charge in [-0.2, -0.15) is 0 Å². The molecule has 0 fully saturated rings. The van der Waals surface area contributed by atoms with Crippen LogP contribution >= 0.6 is 15.9 Å². The summed E-state index contributed by atoms with van der Waals surface area (Å²) in [7, 11) is 0. The summed E-state index contributed by atoms with van der Waals surface area (Å²) in [4.78, 5) is 11.2. The summed E-state index contributed by atoms with van der Waals surface area (Å²) in [6.45, 7) is 3.86. The van der Waals surface area contributed by atoms with E-state index in [0.29, 0.717) is 11.1 Å². The first kappa shape index (κ1) is 12.9. The molecule has 0 unspecified atom stereocenters. The molecule has 1 aromatic rings. The van der Waals surface area contributed by atoms with Crippen LogP contribution in [0.25, 0.3) is 5.57 Å². The molecule has 0 N–H and O–H groups in total. The lowest BCUT2D eigenvalue weighted by molar-refractivity contribution is -0.137. The number of carbonyl (C=O) groups is 1. The molecular formula is C12H12BrFO2. The van der Waals surface area contributed by atoms with Crippen molar-refractivity contribution in [1.82, 2.24) is 0 Å². The summed E-state index contributed by atoms with van der Waals surface area (Å²) >= 11 is 3.09. The monoisotopic (exact) mass is 286 g/mol. The lowest BCUT2D eigenvalue weighted by Crippen LogP contribution is -2.00. The predicted molar refractivity (Wildman–Crippen MR) is 64.4 cm³/mol. The van der Waals surface area contributed by atoms with Gasteiger partial charge >= 0.3 is 5.97 Å². The number of hydrogen-bond donors (Lipinski definition) is 0. The van der Waals surface area contributed by atoms with Crippen LogP contribution in [0.4, 0.5) is 4.39 Å². The van der Waals surface area contributed by atoms with Gasteiger partial charge in [-0.15, -0.1) is 0 Å². The summed E-state index contributed by atoms with van der Waals surface area (Å²) < 4.78 is 18.2. The molecule has 0 spiro atoms. The fourth-order valence-corrected chi connectivity index (χ4v) is 1.56. The third-order valence-electron chi connectivity index (χ3n) is 2.00. The first-order chi connectivity index (χ1) is 7.54. The summed E-state index contributed by atoms with van der Waals surface area (Å²) in [5.74, 6) is -0.715. The molecule has 0 aliphatic heterocycles. The highest BCUT2D eigenvalue weighted by molar-refractivity contribution is 9.10. The van der Waals surface area contributed by atoms with Gasteiger partial charge in [0.1, 0.15) is 5.82 Å². The van der Waals surface area contributed by atoms with Crippen LogP contribution in [0, 0.1) is 5.82 Å². The summed E-state index contributed by atoms with van der Waals surface area (Å²) in [5.41, 5.74) is 1.51. The van der Waals surface area contributed by atoms with Crippen molar-refractivity contribution in [2.24, 2.45) is 0 Å². The van der Waals surface area contributed by atoms with Crippen LogP contribution in [0.5, 0.6) is 0 Å². The van der Waals surface area contributed by atoms with E-state index >= 15 is 0 Å². The van der Waals surface area contributed by atoms with Gasteiger partial charge in [-0.3, -0.25) is 0 Å². The largest absolute Gasteiger partial charge is 0.463 e. The Morgan fingerprint density at radius 3 is 2.81 bits per heavy atom. The SMILES string of the molecule is CCOC(=O)C=C(C)c1ccc(F)c(Br)c1. The lowest BCUT2D eigenvalue weighted by atomic mass is 10.1. The van der Waals surface area contributed by atoms with Crippen molar-refractivity contribution >= 4 is 27.5 Å². The first-order valence-electron chi connectivity index (χ1n) is 4.85. The molecule has 0 aliphatic rings. The molecule has 0 bridgehead atoms. The van der Waals surface area contributed by atoms with E-state index in [4.69, 9.17) is 4.74 Å². The maximum Gasteiger partial charge on any atom is 0.331 e. The fourth-order valence-electron chi connectivity index (χ4n) is 1.19. The number of carbonyl (C=O) groups excluding carboxylic acids is 1. The number of rotatable bonds is 3. The Labute approximate surface area is 102 Å². The quantitative estimate of drug-likeness (QED) is 0.627. The zero-order valence-corrected chi connectivity index (χ0v) is 10.7. The Bertz CT molecular complexity index is 427. The fraction of sp³-hybridized carbons (Fsp3) is 0.250. The topological polar surface area (TPSA) is 26.3 Å². The van der Waals surface area contributed by atoms with Gasteiger partial charge in [-0.05, 0) is 53.0 Å². The highest BCUT2D eigenvalue weighted by Gasteiger charge is 2.04. The van der Waals surface area contributed by atoms with Gasteiger partial charge in [0.05, 0.1) is 11.1 Å². The maximum atomic E-state index is 13.0. The zero-order valence-electron chi connectivity index (χ0n) is 9.09. The normalized spacial score (nSPS) is 11.4. The van der Waals surface area contributed by atoms with Crippen molar-refractivity contribution in [3.05, 3.63) is 40.1 Å². The van der Waals surface area contributed by atoms with E-state index in [1.807, 2.05) is 0 Å². The van der Waals surface area contributed by atoms with E-state index in [0.717, 1.165) is 11.1 Å². The van der Waals surface area contributed by atoms with E-state index in [1.165, 1.54) is 12.1 Å². The predicted octanol–water partition coefficient (Wildman–Crippen LogP) is 3.55. The average Bonchev–Trinajstić information content (AvgIpc) is 2.22. The van der Waals surface area contributed by atoms with Gasteiger partial charge in [-0.1, -0.05) is 6.07 Å². The molecule has 4 heteroatoms. The Morgan fingerprint density at radius 1 is 1.56 bits per heavy atom. The van der Waals surface area contributed by atoms with Crippen LogP contribution in [-0.2, 0) is 9.53 Å². The Kier molecular flexibility index (Phi) is 4.68. The van der Waals surface area contributed by atoms with Gasteiger partial charge in [0.15, 0.2) is 0 Å². The van der Waals surface area contributed by atoms with E-state index in [1.54, 1.807) is 26.0 Å². The van der Waals surface area contributed by atoms with E-state index < -0.39 is 0 Å². The second-order valence-corrected chi connectivity index (χ2v) is 4.06. The van der Waals surface area contributed by atoms with Crippen molar-refractivity contribution in [2.45, 2.75) is 13.8 Å². The van der Waals surface area contributed by atoms with Crippen LogP contribution < -0.4 is 0 Å². The van der Waals surface area contributed by atoms with Gasteiger partial charge in [0, 0.05) is 6.08 Å². The molecule has 1 rings (SSSR count). The molecule has 0 amide bonds. The number of halogens is 2. The highest BCUT2D eigenvalue weighted by atomic mass is 79.9. The van der Waals surface area contributed by atoms with Gasteiger partial charge in [-0.25, -0.2) is 9.18 Å². The van der Waals surface area contributed by atoms with Crippen molar-refractivity contribution in [3.63, 3.8) is 0 Å². The minimum Gasteiger partial charge on any atom is -0.463 e. The Hall–Kier alpha value is -1.16. The second-order valence-electron chi connectivity index (χ2n) is 3.21. The average molecular weight is 287 g/mol. The molecule has 86 valence electrons. The Morgan fingerprint density at radius 2 is 2.25 bits per heavy atom. The summed E-state index contributed by atoms with van der Waals surface area (Å²) in [6, 6.07) is 4.59. The molecule has 0 saturated carbocycles. The van der Waals surface area contributed by atoms with Crippen molar-refractivity contribution in [1.29, 1.82) is 0 Å². The number of hydrogen-bond acceptors (Lipinski definition) is 2. The van der Waals surface area contributed by atoms with Crippen LogP contribution in [0.2, 0.25) is 0 Å². The minimum absolute atomic E-state index is 0.326. The van der Waals surface area contributed by atoms with Gasteiger partial charge < -0.3 is 4.74 Å². The van der Waals surface area contributed by atoms with Gasteiger partial charge in [0.2, 0.25) is 0 Å². The molecule has 0 heterocycles. The Balaban J connectivity index is 2.91. The van der Waals surface area contributed by atoms with E-state index in [2.05, 4.69) is 15.9 Å². The van der Waals surface area contributed by atoms with Crippen LogP contribution in [-0.4, -0.2) is 12.6 Å². The summed E-state index contributed by atoms with van der Waals surface area (Å²) in [5, 5.41) is 0. The third kappa shape index (κ3) is 3.45. The molecule has 0 radical (unpaired) electrons. The molecule has 2 nitrogen and oxygen atoms in total. The smallest absolute Gasteiger partial charge is 0.331 e. The molecule has 1 aromatic carbocycles.